The molecule has 2 N–H and O–H groups in total. The fourth-order valence-corrected chi connectivity index (χ4v) is 3.57. The molecule has 1 heterocycles. The lowest BCUT2D eigenvalue weighted by molar-refractivity contribution is -0.384. The van der Waals surface area contributed by atoms with Crippen molar-refractivity contribution < 1.29 is 28.8 Å². The standard InChI is InChI=1S/C26H20N4O7/c1-16-5-4-7-18(13-16)27-23(31)15-37-22-8-3-2-6-17(22)14-21-24(32)28-26(34)29(25(21)33)19-9-11-20(12-10-19)30(35)36/h2-14H,15H2,1H3,(H,27,31)(H,28,32,34)/b21-14+. The van der Waals surface area contributed by atoms with Crippen molar-refractivity contribution in [2.45, 2.75) is 6.92 Å². The van der Waals surface area contributed by atoms with Crippen molar-refractivity contribution in [1.82, 2.24) is 5.32 Å². The fraction of sp³-hybridized carbons (Fsp3) is 0.0769. The molecule has 37 heavy (non-hydrogen) atoms. The zero-order valence-corrected chi connectivity index (χ0v) is 19.5. The Labute approximate surface area is 210 Å². The van der Waals surface area contributed by atoms with E-state index in [0.717, 1.165) is 17.7 Å². The summed E-state index contributed by atoms with van der Waals surface area (Å²) in [5, 5.41) is 15.7. The number of amides is 5. The lowest BCUT2D eigenvalue weighted by atomic mass is 10.1. The molecular formula is C26H20N4O7. The van der Waals surface area contributed by atoms with Gasteiger partial charge >= 0.3 is 6.03 Å². The van der Waals surface area contributed by atoms with Gasteiger partial charge in [-0.25, -0.2) is 9.69 Å². The van der Waals surface area contributed by atoms with Gasteiger partial charge in [0.2, 0.25) is 0 Å². The Morgan fingerprint density at radius 2 is 1.78 bits per heavy atom. The van der Waals surface area contributed by atoms with Gasteiger partial charge in [0.15, 0.2) is 6.61 Å². The Morgan fingerprint density at radius 3 is 2.49 bits per heavy atom. The maximum absolute atomic E-state index is 13.1. The van der Waals surface area contributed by atoms with Gasteiger partial charge in [-0.2, -0.15) is 0 Å². The Hall–Kier alpha value is -5.32. The number of anilines is 2. The normalized spacial score (nSPS) is 14.4. The summed E-state index contributed by atoms with van der Waals surface area (Å²) in [5.41, 5.74) is 1.37. The van der Waals surface area contributed by atoms with Gasteiger partial charge in [0, 0.05) is 23.4 Å². The molecule has 3 aromatic rings. The van der Waals surface area contributed by atoms with E-state index in [1.54, 1.807) is 30.3 Å². The number of para-hydroxylation sites is 1. The molecule has 186 valence electrons. The lowest BCUT2D eigenvalue weighted by Gasteiger charge is -2.26. The average Bonchev–Trinajstić information content (AvgIpc) is 2.86. The molecule has 0 bridgehead atoms. The molecule has 0 aliphatic carbocycles. The van der Waals surface area contributed by atoms with Crippen LogP contribution >= 0.6 is 0 Å². The van der Waals surface area contributed by atoms with Gasteiger partial charge in [-0.1, -0.05) is 30.3 Å². The van der Waals surface area contributed by atoms with Gasteiger partial charge < -0.3 is 10.1 Å². The predicted molar refractivity (Wildman–Crippen MR) is 134 cm³/mol. The van der Waals surface area contributed by atoms with Crippen LogP contribution in [0.2, 0.25) is 0 Å². The van der Waals surface area contributed by atoms with Crippen molar-refractivity contribution in [3.05, 3.63) is 99.6 Å². The van der Waals surface area contributed by atoms with Crippen molar-refractivity contribution in [1.29, 1.82) is 0 Å². The van der Waals surface area contributed by atoms with Crippen LogP contribution in [0.1, 0.15) is 11.1 Å². The number of imide groups is 2. The maximum atomic E-state index is 13.1. The third-order valence-corrected chi connectivity index (χ3v) is 5.30. The summed E-state index contributed by atoms with van der Waals surface area (Å²) in [5.74, 6) is -2.02. The molecule has 0 unspecified atom stereocenters. The summed E-state index contributed by atoms with van der Waals surface area (Å²) < 4.78 is 5.64. The highest BCUT2D eigenvalue weighted by Gasteiger charge is 2.37. The number of aryl methyl sites for hydroxylation is 1. The number of nitro groups is 1. The summed E-state index contributed by atoms with van der Waals surface area (Å²) in [6, 6.07) is 17.5. The largest absolute Gasteiger partial charge is 0.483 e. The molecule has 3 aromatic carbocycles. The number of carbonyl (C=O) groups is 4. The first-order valence-corrected chi connectivity index (χ1v) is 11.0. The van der Waals surface area contributed by atoms with Crippen molar-refractivity contribution >= 4 is 46.9 Å². The maximum Gasteiger partial charge on any atom is 0.335 e. The number of nitrogens with zero attached hydrogens (tertiary/aromatic N) is 2. The van der Waals surface area contributed by atoms with E-state index in [0.29, 0.717) is 16.2 Å². The molecule has 11 heteroatoms. The summed E-state index contributed by atoms with van der Waals surface area (Å²) in [6.07, 6.45) is 1.25. The zero-order valence-electron chi connectivity index (χ0n) is 19.5. The highest BCUT2D eigenvalue weighted by Crippen LogP contribution is 2.26. The Bertz CT molecular complexity index is 1450. The Morgan fingerprint density at radius 1 is 1.05 bits per heavy atom. The van der Waals surface area contributed by atoms with E-state index in [-0.39, 0.29) is 29.3 Å². The van der Waals surface area contributed by atoms with E-state index in [1.807, 2.05) is 25.1 Å². The van der Waals surface area contributed by atoms with E-state index in [2.05, 4.69) is 10.6 Å². The fourth-order valence-electron chi connectivity index (χ4n) is 3.57. The van der Waals surface area contributed by atoms with Crippen molar-refractivity contribution in [2.75, 3.05) is 16.8 Å². The van der Waals surface area contributed by atoms with Crippen LogP contribution in [0.4, 0.5) is 21.9 Å². The number of nitrogens with one attached hydrogen (secondary N) is 2. The monoisotopic (exact) mass is 500 g/mol. The SMILES string of the molecule is Cc1cccc(NC(=O)COc2ccccc2/C=C2\C(=O)NC(=O)N(c3ccc([N+](=O)[O-])cc3)C2=O)c1. The summed E-state index contributed by atoms with van der Waals surface area (Å²) in [4.78, 5) is 61.4. The van der Waals surface area contributed by atoms with Crippen molar-refractivity contribution in [3.8, 4) is 5.75 Å². The first-order valence-electron chi connectivity index (χ1n) is 11.0. The van der Waals surface area contributed by atoms with Crippen LogP contribution in [0.15, 0.2) is 78.4 Å². The first kappa shape index (κ1) is 24.8. The molecular weight excluding hydrogens is 480 g/mol. The minimum absolute atomic E-state index is 0.0452. The van der Waals surface area contributed by atoms with Crippen LogP contribution in [0.25, 0.3) is 6.08 Å². The average molecular weight is 500 g/mol. The highest BCUT2D eigenvalue weighted by atomic mass is 16.6. The number of hydrogen-bond acceptors (Lipinski definition) is 7. The molecule has 0 radical (unpaired) electrons. The number of urea groups is 1. The summed E-state index contributed by atoms with van der Waals surface area (Å²) >= 11 is 0. The first-order chi connectivity index (χ1) is 17.7. The van der Waals surface area contributed by atoms with Crippen LogP contribution in [0.3, 0.4) is 0 Å². The molecule has 5 amide bonds. The number of hydrogen-bond donors (Lipinski definition) is 2. The number of nitro benzene ring substituents is 1. The van der Waals surface area contributed by atoms with Crippen LogP contribution in [0, 0.1) is 17.0 Å². The molecule has 11 nitrogen and oxygen atoms in total. The number of benzene rings is 3. The number of carbonyl (C=O) groups excluding carboxylic acids is 4. The van der Waals surface area contributed by atoms with Gasteiger partial charge in [0.25, 0.3) is 23.4 Å². The predicted octanol–water partition coefficient (Wildman–Crippen LogP) is 3.59. The Kier molecular flexibility index (Phi) is 7.05. The molecule has 0 atom stereocenters. The molecule has 1 aliphatic heterocycles. The lowest BCUT2D eigenvalue weighted by Crippen LogP contribution is -2.54. The van der Waals surface area contributed by atoms with E-state index in [9.17, 15) is 29.3 Å². The Balaban J connectivity index is 1.54. The van der Waals surface area contributed by atoms with Crippen LogP contribution in [-0.2, 0) is 14.4 Å². The third-order valence-electron chi connectivity index (χ3n) is 5.30. The second-order valence-corrected chi connectivity index (χ2v) is 7.98. The number of ether oxygens (including phenoxy) is 1. The molecule has 0 spiro atoms. The van der Waals surface area contributed by atoms with Gasteiger partial charge in [-0.05, 0) is 48.9 Å². The van der Waals surface area contributed by atoms with E-state index in [4.69, 9.17) is 4.74 Å². The van der Waals surface area contributed by atoms with E-state index < -0.39 is 28.7 Å². The molecule has 1 aliphatic rings. The summed E-state index contributed by atoms with van der Waals surface area (Å²) in [6.45, 7) is 1.57. The van der Waals surface area contributed by atoms with Crippen molar-refractivity contribution in [2.24, 2.45) is 0 Å². The molecule has 4 rings (SSSR count). The minimum Gasteiger partial charge on any atom is -0.483 e. The highest BCUT2D eigenvalue weighted by molar-refractivity contribution is 6.39. The number of barbiturate groups is 1. The number of rotatable bonds is 7. The molecule has 1 saturated heterocycles. The van der Waals surface area contributed by atoms with Gasteiger partial charge in [-0.3, -0.25) is 29.8 Å². The number of non-ortho nitro benzene ring substituents is 1. The van der Waals surface area contributed by atoms with Gasteiger partial charge in [0.05, 0.1) is 10.6 Å². The minimum atomic E-state index is -0.988. The van der Waals surface area contributed by atoms with Crippen LogP contribution in [-0.4, -0.2) is 35.3 Å². The van der Waals surface area contributed by atoms with Crippen LogP contribution < -0.4 is 20.3 Å². The second kappa shape index (κ2) is 10.5. The summed E-state index contributed by atoms with van der Waals surface area (Å²) in [7, 11) is 0. The van der Waals surface area contributed by atoms with Crippen LogP contribution in [0.5, 0.6) is 5.75 Å². The topological polar surface area (TPSA) is 148 Å². The van der Waals surface area contributed by atoms with Gasteiger partial charge in [-0.15, -0.1) is 0 Å². The zero-order chi connectivity index (χ0) is 26.5. The van der Waals surface area contributed by atoms with Crippen molar-refractivity contribution in [3.63, 3.8) is 0 Å². The molecule has 0 aromatic heterocycles. The molecule has 1 fully saturated rings. The smallest absolute Gasteiger partial charge is 0.335 e. The molecule has 0 saturated carbocycles. The van der Waals surface area contributed by atoms with E-state index >= 15 is 0 Å². The van der Waals surface area contributed by atoms with E-state index in [1.165, 1.54) is 18.2 Å². The second-order valence-electron chi connectivity index (χ2n) is 7.98. The third kappa shape index (κ3) is 5.68. The quantitative estimate of drug-likeness (QED) is 0.218. The van der Waals surface area contributed by atoms with Gasteiger partial charge in [0.1, 0.15) is 11.3 Å².